The van der Waals surface area contributed by atoms with Crippen molar-refractivity contribution >= 4 is 5.91 Å². The lowest BCUT2D eigenvalue weighted by Gasteiger charge is -2.06. The predicted molar refractivity (Wildman–Crippen MR) is 114 cm³/mol. The van der Waals surface area contributed by atoms with Crippen LogP contribution in [-0.2, 0) is 6.42 Å². The number of rotatable bonds is 7. The number of benzene rings is 3. The van der Waals surface area contributed by atoms with Crippen LogP contribution in [0.3, 0.4) is 0 Å². The standard InChI is InChI=1S/C24H21N3O3/c1-29-21-10-6-5-9-20(21)24-27-26-22(30-24)15-16-25-23(28)19-13-11-18(12-14-19)17-7-3-2-4-8-17/h2-14H,15-16H2,1H3,(H,25,28). The second-order valence-corrected chi connectivity index (χ2v) is 6.65. The molecule has 1 aromatic heterocycles. The van der Waals surface area contributed by atoms with E-state index in [1.54, 1.807) is 7.11 Å². The number of nitrogens with one attached hydrogen (secondary N) is 1. The first kappa shape index (κ1) is 19.4. The molecule has 3 aromatic carbocycles. The maximum absolute atomic E-state index is 12.4. The number of hydrogen-bond acceptors (Lipinski definition) is 5. The first-order valence-electron chi connectivity index (χ1n) is 9.64. The van der Waals surface area contributed by atoms with Gasteiger partial charge in [0.25, 0.3) is 11.8 Å². The average Bonchev–Trinajstić information content (AvgIpc) is 3.28. The molecule has 0 radical (unpaired) electrons. The summed E-state index contributed by atoms with van der Waals surface area (Å²) in [4.78, 5) is 12.4. The van der Waals surface area contributed by atoms with E-state index >= 15 is 0 Å². The summed E-state index contributed by atoms with van der Waals surface area (Å²) in [6.45, 7) is 0.396. The molecule has 0 atom stereocenters. The molecular formula is C24H21N3O3. The second-order valence-electron chi connectivity index (χ2n) is 6.65. The fourth-order valence-electron chi connectivity index (χ4n) is 3.11. The Morgan fingerprint density at radius 1 is 0.900 bits per heavy atom. The Hall–Kier alpha value is -3.93. The van der Waals surface area contributed by atoms with E-state index in [2.05, 4.69) is 15.5 Å². The number of aromatic nitrogens is 2. The Bertz CT molecular complexity index is 1120. The van der Waals surface area contributed by atoms with Gasteiger partial charge in [0.15, 0.2) is 0 Å². The maximum atomic E-state index is 12.4. The largest absolute Gasteiger partial charge is 0.496 e. The number of carbonyl (C=O) groups is 1. The van der Waals surface area contributed by atoms with Gasteiger partial charge in [-0.3, -0.25) is 4.79 Å². The van der Waals surface area contributed by atoms with Crippen molar-refractivity contribution in [2.45, 2.75) is 6.42 Å². The van der Waals surface area contributed by atoms with Gasteiger partial charge in [-0.1, -0.05) is 54.6 Å². The van der Waals surface area contributed by atoms with E-state index in [0.29, 0.717) is 36.1 Å². The summed E-state index contributed by atoms with van der Waals surface area (Å²) in [6.07, 6.45) is 0.440. The molecule has 1 N–H and O–H groups in total. The number of para-hydroxylation sites is 1. The van der Waals surface area contributed by atoms with Gasteiger partial charge < -0.3 is 14.5 Å². The Balaban J connectivity index is 1.33. The van der Waals surface area contributed by atoms with E-state index in [1.165, 1.54) is 0 Å². The molecule has 0 saturated carbocycles. The van der Waals surface area contributed by atoms with Crippen LogP contribution in [0.4, 0.5) is 0 Å². The van der Waals surface area contributed by atoms with Gasteiger partial charge in [-0.2, -0.15) is 0 Å². The van der Waals surface area contributed by atoms with Crippen LogP contribution in [0.5, 0.6) is 5.75 Å². The average molecular weight is 399 g/mol. The summed E-state index contributed by atoms with van der Waals surface area (Å²) in [5.74, 6) is 1.37. The third kappa shape index (κ3) is 4.38. The Morgan fingerprint density at radius 2 is 1.60 bits per heavy atom. The highest BCUT2D eigenvalue weighted by atomic mass is 16.5. The summed E-state index contributed by atoms with van der Waals surface area (Å²) < 4.78 is 11.0. The third-order valence-electron chi connectivity index (χ3n) is 4.68. The first-order chi connectivity index (χ1) is 14.7. The smallest absolute Gasteiger partial charge is 0.251 e. The van der Waals surface area contributed by atoms with E-state index < -0.39 is 0 Å². The zero-order valence-corrected chi connectivity index (χ0v) is 16.5. The van der Waals surface area contributed by atoms with Crippen LogP contribution >= 0.6 is 0 Å². The zero-order valence-electron chi connectivity index (χ0n) is 16.5. The SMILES string of the molecule is COc1ccccc1-c1nnc(CCNC(=O)c2ccc(-c3ccccc3)cc2)o1. The summed E-state index contributed by atoms with van der Waals surface area (Å²) in [6, 6.07) is 25.0. The molecule has 0 fully saturated rings. The van der Waals surface area contributed by atoms with Crippen molar-refractivity contribution in [3.8, 4) is 28.3 Å². The molecule has 0 aliphatic carbocycles. The minimum atomic E-state index is -0.140. The highest BCUT2D eigenvalue weighted by Gasteiger charge is 2.13. The van der Waals surface area contributed by atoms with Crippen LogP contribution in [0.25, 0.3) is 22.6 Å². The van der Waals surface area contributed by atoms with Crippen LogP contribution in [0.1, 0.15) is 16.2 Å². The fraction of sp³-hybridized carbons (Fsp3) is 0.125. The van der Waals surface area contributed by atoms with Crippen molar-refractivity contribution in [1.82, 2.24) is 15.5 Å². The van der Waals surface area contributed by atoms with E-state index in [0.717, 1.165) is 16.7 Å². The molecule has 0 bridgehead atoms. The van der Waals surface area contributed by atoms with Crippen molar-refractivity contribution in [3.05, 3.63) is 90.3 Å². The molecule has 0 aliphatic rings. The lowest BCUT2D eigenvalue weighted by Crippen LogP contribution is -2.25. The van der Waals surface area contributed by atoms with E-state index in [-0.39, 0.29) is 5.91 Å². The molecule has 0 spiro atoms. The molecule has 4 aromatic rings. The van der Waals surface area contributed by atoms with Gasteiger partial charge in [-0.25, -0.2) is 0 Å². The van der Waals surface area contributed by atoms with Crippen molar-refractivity contribution in [2.24, 2.45) is 0 Å². The molecule has 0 aliphatic heterocycles. The number of carbonyl (C=O) groups excluding carboxylic acids is 1. The van der Waals surface area contributed by atoms with Gasteiger partial charge in [0.05, 0.1) is 12.7 Å². The quantitative estimate of drug-likeness (QED) is 0.499. The van der Waals surface area contributed by atoms with Crippen LogP contribution in [0, 0.1) is 0 Å². The summed E-state index contributed by atoms with van der Waals surface area (Å²) in [7, 11) is 1.60. The Morgan fingerprint density at radius 3 is 2.37 bits per heavy atom. The second kappa shape index (κ2) is 9.05. The van der Waals surface area contributed by atoms with Crippen LogP contribution in [-0.4, -0.2) is 29.8 Å². The van der Waals surface area contributed by atoms with Crippen molar-refractivity contribution in [2.75, 3.05) is 13.7 Å². The lowest BCUT2D eigenvalue weighted by atomic mass is 10.0. The molecule has 6 heteroatoms. The highest BCUT2D eigenvalue weighted by molar-refractivity contribution is 5.94. The number of ether oxygens (including phenoxy) is 1. The van der Waals surface area contributed by atoms with Gasteiger partial charge in [-0.15, -0.1) is 10.2 Å². The van der Waals surface area contributed by atoms with Gasteiger partial charge in [0, 0.05) is 18.5 Å². The molecule has 0 unspecified atom stereocenters. The van der Waals surface area contributed by atoms with E-state index in [1.807, 2.05) is 78.9 Å². The molecule has 150 valence electrons. The van der Waals surface area contributed by atoms with Gasteiger partial charge in [-0.05, 0) is 35.4 Å². The Kier molecular flexibility index (Phi) is 5.85. The lowest BCUT2D eigenvalue weighted by molar-refractivity contribution is 0.0953. The monoisotopic (exact) mass is 399 g/mol. The first-order valence-corrected chi connectivity index (χ1v) is 9.64. The molecule has 4 rings (SSSR count). The molecular weight excluding hydrogens is 378 g/mol. The minimum absolute atomic E-state index is 0.140. The summed E-state index contributed by atoms with van der Waals surface area (Å²) in [5.41, 5.74) is 3.53. The van der Waals surface area contributed by atoms with Crippen molar-refractivity contribution in [1.29, 1.82) is 0 Å². The molecule has 30 heavy (non-hydrogen) atoms. The number of hydrogen-bond donors (Lipinski definition) is 1. The maximum Gasteiger partial charge on any atom is 0.251 e. The van der Waals surface area contributed by atoms with E-state index in [9.17, 15) is 4.79 Å². The minimum Gasteiger partial charge on any atom is -0.496 e. The number of nitrogens with zero attached hydrogens (tertiary/aromatic N) is 2. The van der Waals surface area contributed by atoms with Gasteiger partial charge in [0.2, 0.25) is 5.89 Å². The van der Waals surface area contributed by atoms with Crippen molar-refractivity contribution in [3.63, 3.8) is 0 Å². The Labute approximate surface area is 174 Å². The normalized spacial score (nSPS) is 10.6. The highest BCUT2D eigenvalue weighted by Crippen LogP contribution is 2.28. The molecule has 1 amide bonds. The topological polar surface area (TPSA) is 77.3 Å². The zero-order chi connectivity index (χ0) is 20.8. The third-order valence-corrected chi connectivity index (χ3v) is 4.68. The summed E-state index contributed by atoms with van der Waals surface area (Å²) in [5, 5.41) is 11.0. The van der Waals surface area contributed by atoms with Gasteiger partial charge >= 0.3 is 0 Å². The van der Waals surface area contributed by atoms with Gasteiger partial charge in [0.1, 0.15) is 5.75 Å². The fourth-order valence-corrected chi connectivity index (χ4v) is 3.11. The molecule has 1 heterocycles. The molecule has 0 saturated heterocycles. The molecule has 6 nitrogen and oxygen atoms in total. The summed E-state index contributed by atoms with van der Waals surface area (Å²) >= 11 is 0. The van der Waals surface area contributed by atoms with Crippen LogP contribution < -0.4 is 10.1 Å². The predicted octanol–water partition coefficient (Wildman–Crippen LogP) is 4.38. The van der Waals surface area contributed by atoms with Crippen molar-refractivity contribution < 1.29 is 13.9 Å². The van der Waals surface area contributed by atoms with Crippen LogP contribution in [0.2, 0.25) is 0 Å². The van der Waals surface area contributed by atoms with E-state index in [4.69, 9.17) is 9.15 Å². The number of amides is 1. The number of methoxy groups -OCH3 is 1. The van der Waals surface area contributed by atoms with Crippen LogP contribution in [0.15, 0.2) is 83.3 Å².